The maximum absolute atomic E-state index is 5.83. The molecule has 0 radical (unpaired) electrons. The summed E-state index contributed by atoms with van der Waals surface area (Å²) in [6.07, 6.45) is 3.99. The first kappa shape index (κ1) is 13.1. The molecular weight excluding hydrogens is 250 g/mol. The van der Waals surface area contributed by atoms with Gasteiger partial charge in [-0.25, -0.2) is 9.97 Å². The van der Waals surface area contributed by atoms with E-state index in [1.165, 1.54) is 24.8 Å². The Morgan fingerprint density at radius 2 is 1.95 bits per heavy atom. The monoisotopic (exact) mass is 269 g/mol. The number of nitrogens with two attached hydrogens (primary N) is 1. The zero-order valence-electron chi connectivity index (χ0n) is 11.7. The summed E-state index contributed by atoms with van der Waals surface area (Å²) in [6, 6.07) is 10.4. The van der Waals surface area contributed by atoms with E-state index in [1.54, 1.807) is 13.2 Å². The fourth-order valence-corrected chi connectivity index (χ4v) is 2.53. The van der Waals surface area contributed by atoms with Gasteiger partial charge in [0.25, 0.3) is 0 Å². The van der Waals surface area contributed by atoms with E-state index in [-0.39, 0.29) is 0 Å². The van der Waals surface area contributed by atoms with Gasteiger partial charge in [-0.2, -0.15) is 0 Å². The summed E-state index contributed by atoms with van der Waals surface area (Å²) in [5, 5.41) is 0. The number of ether oxygens (including phenoxy) is 1. The van der Waals surface area contributed by atoms with Gasteiger partial charge in [-0.15, -0.1) is 0 Å². The summed E-state index contributed by atoms with van der Waals surface area (Å²) in [5.41, 5.74) is 9.18. The van der Waals surface area contributed by atoms with Crippen molar-refractivity contribution in [3.8, 4) is 11.3 Å². The third kappa shape index (κ3) is 2.65. The molecule has 1 aromatic carbocycles. The molecule has 4 heteroatoms. The average Bonchev–Trinajstić information content (AvgIpc) is 2.37. The molecule has 0 unspecified atom stereocenters. The number of anilines is 1. The van der Waals surface area contributed by atoms with E-state index in [0.29, 0.717) is 18.2 Å². The molecule has 0 saturated heterocycles. The minimum atomic E-state index is 0.373. The van der Waals surface area contributed by atoms with Crippen molar-refractivity contribution in [3.63, 3.8) is 0 Å². The van der Waals surface area contributed by atoms with Crippen LogP contribution in [0.3, 0.4) is 0 Å². The van der Waals surface area contributed by atoms with Gasteiger partial charge in [0.2, 0.25) is 0 Å². The number of hydrogen-bond acceptors (Lipinski definition) is 4. The molecule has 4 nitrogen and oxygen atoms in total. The highest BCUT2D eigenvalue weighted by Crippen LogP contribution is 2.36. The molecule has 2 aromatic rings. The highest BCUT2D eigenvalue weighted by atomic mass is 16.5. The molecule has 3 rings (SSSR count). The van der Waals surface area contributed by atoms with E-state index in [1.807, 2.05) is 0 Å². The molecule has 104 valence electrons. The summed E-state index contributed by atoms with van der Waals surface area (Å²) >= 11 is 0. The van der Waals surface area contributed by atoms with Crippen molar-refractivity contribution >= 4 is 5.82 Å². The van der Waals surface area contributed by atoms with Gasteiger partial charge in [-0.1, -0.05) is 30.7 Å². The highest BCUT2D eigenvalue weighted by Gasteiger charge is 2.19. The number of rotatable bonds is 4. The summed E-state index contributed by atoms with van der Waals surface area (Å²) in [4.78, 5) is 8.65. The minimum Gasteiger partial charge on any atom is -0.384 e. The van der Waals surface area contributed by atoms with Crippen LogP contribution in [0.5, 0.6) is 0 Å². The van der Waals surface area contributed by atoms with Crippen molar-refractivity contribution in [1.82, 2.24) is 9.97 Å². The second kappa shape index (κ2) is 5.59. The quantitative estimate of drug-likeness (QED) is 0.926. The zero-order chi connectivity index (χ0) is 13.9. The van der Waals surface area contributed by atoms with Gasteiger partial charge < -0.3 is 10.5 Å². The number of hydrogen-bond donors (Lipinski definition) is 1. The fraction of sp³-hybridized carbons (Fsp3) is 0.375. The van der Waals surface area contributed by atoms with Crippen LogP contribution in [0.2, 0.25) is 0 Å². The van der Waals surface area contributed by atoms with E-state index in [4.69, 9.17) is 10.5 Å². The van der Waals surface area contributed by atoms with Crippen molar-refractivity contribution in [2.75, 3.05) is 12.8 Å². The van der Waals surface area contributed by atoms with E-state index < -0.39 is 0 Å². The fourth-order valence-electron chi connectivity index (χ4n) is 2.53. The van der Waals surface area contributed by atoms with Gasteiger partial charge >= 0.3 is 0 Å². The predicted octanol–water partition coefficient (Wildman–Crippen LogP) is 3.14. The lowest BCUT2D eigenvalue weighted by Gasteiger charge is -2.25. The lowest BCUT2D eigenvalue weighted by molar-refractivity contribution is 0.178. The molecule has 1 aliphatic rings. The number of aromatic nitrogens is 2. The Bertz CT molecular complexity index is 591. The van der Waals surface area contributed by atoms with Crippen LogP contribution < -0.4 is 5.73 Å². The largest absolute Gasteiger partial charge is 0.384 e. The SMILES string of the molecule is COCc1nc(N)cc(-c2ccc(C3CCC3)cc2)n1. The summed E-state index contributed by atoms with van der Waals surface area (Å²) in [6.45, 7) is 0.373. The molecule has 1 fully saturated rings. The Kier molecular flexibility index (Phi) is 3.65. The second-order valence-electron chi connectivity index (χ2n) is 5.28. The molecule has 1 saturated carbocycles. The lowest BCUT2D eigenvalue weighted by Crippen LogP contribution is -2.08. The third-order valence-corrected chi connectivity index (χ3v) is 3.85. The third-order valence-electron chi connectivity index (χ3n) is 3.85. The first-order valence-electron chi connectivity index (χ1n) is 6.99. The molecule has 0 amide bonds. The van der Waals surface area contributed by atoms with Gasteiger partial charge in [0.1, 0.15) is 12.4 Å². The van der Waals surface area contributed by atoms with Crippen molar-refractivity contribution in [2.45, 2.75) is 31.8 Å². The molecule has 1 aromatic heterocycles. The first-order chi connectivity index (χ1) is 9.76. The predicted molar refractivity (Wildman–Crippen MR) is 79.2 cm³/mol. The molecule has 0 atom stereocenters. The van der Waals surface area contributed by atoms with Crippen LogP contribution in [0, 0.1) is 0 Å². The standard InChI is InChI=1S/C16H19N3O/c1-20-10-16-18-14(9-15(17)19-16)13-7-5-12(6-8-13)11-3-2-4-11/h5-9,11H,2-4,10H2,1H3,(H2,17,18,19). The highest BCUT2D eigenvalue weighted by molar-refractivity contribution is 5.62. The van der Waals surface area contributed by atoms with Gasteiger partial charge in [0.15, 0.2) is 5.82 Å². The summed E-state index contributed by atoms with van der Waals surface area (Å²) < 4.78 is 5.07. The Morgan fingerprint density at radius 1 is 1.20 bits per heavy atom. The van der Waals surface area contributed by atoms with Gasteiger partial charge in [-0.05, 0) is 24.3 Å². The molecule has 1 heterocycles. The Hall–Kier alpha value is -1.94. The van der Waals surface area contributed by atoms with Gasteiger partial charge in [0, 0.05) is 18.7 Å². The van der Waals surface area contributed by atoms with Gasteiger partial charge in [0.05, 0.1) is 5.69 Å². The smallest absolute Gasteiger partial charge is 0.157 e. The van der Waals surface area contributed by atoms with Crippen LogP contribution >= 0.6 is 0 Å². The average molecular weight is 269 g/mol. The zero-order valence-corrected chi connectivity index (χ0v) is 11.7. The first-order valence-corrected chi connectivity index (χ1v) is 6.99. The number of nitrogens with zero attached hydrogens (tertiary/aromatic N) is 2. The van der Waals surface area contributed by atoms with E-state index in [9.17, 15) is 0 Å². The molecule has 0 bridgehead atoms. The second-order valence-corrected chi connectivity index (χ2v) is 5.28. The van der Waals surface area contributed by atoms with E-state index in [0.717, 1.165) is 17.2 Å². The molecular formula is C16H19N3O. The van der Waals surface area contributed by atoms with Crippen molar-refractivity contribution in [3.05, 3.63) is 41.7 Å². The van der Waals surface area contributed by atoms with Crippen LogP contribution in [0.1, 0.15) is 36.6 Å². The van der Waals surface area contributed by atoms with Crippen molar-refractivity contribution < 1.29 is 4.74 Å². The lowest BCUT2D eigenvalue weighted by atomic mass is 9.80. The molecule has 1 aliphatic carbocycles. The molecule has 0 spiro atoms. The minimum absolute atomic E-state index is 0.373. The normalized spacial score (nSPS) is 15.1. The topological polar surface area (TPSA) is 61.0 Å². The number of methoxy groups -OCH3 is 1. The van der Waals surface area contributed by atoms with Crippen LogP contribution in [0.25, 0.3) is 11.3 Å². The summed E-state index contributed by atoms with van der Waals surface area (Å²) in [5.74, 6) is 1.85. The number of benzene rings is 1. The van der Waals surface area contributed by atoms with E-state index in [2.05, 4.69) is 34.2 Å². The van der Waals surface area contributed by atoms with Crippen LogP contribution in [0.15, 0.2) is 30.3 Å². The Balaban J connectivity index is 1.87. The molecule has 0 aliphatic heterocycles. The van der Waals surface area contributed by atoms with Crippen LogP contribution in [-0.4, -0.2) is 17.1 Å². The molecule has 20 heavy (non-hydrogen) atoms. The molecule has 2 N–H and O–H groups in total. The maximum atomic E-state index is 5.83. The Labute approximate surface area is 119 Å². The maximum Gasteiger partial charge on any atom is 0.157 e. The summed E-state index contributed by atoms with van der Waals surface area (Å²) in [7, 11) is 1.62. The van der Waals surface area contributed by atoms with Crippen molar-refractivity contribution in [2.24, 2.45) is 0 Å². The van der Waals surface area contributed by atoms with Crippen LogP contribution in [-0.2, 0) is 11.3 Å². The van der Waals surface area contributed by atoms with Crippen LogP contribution in [0.4, 0.5) is 5.82 Å². The van der Waals surface area contributed by atoms with Gasteiger partial charge in [-0.3, -0.25) is 0 Å². The van der Waals surface area contributed by atoms with Crippen molar-refractivity contribution in [1.29, 1.82) is 0 Å². The number of nitrogen functional groups attached to an aromatic ring is 1. The Morgan fingerprint density at radius 3 is 2.55 bits per heavy atom. The van der Waals surface area contributed by atoms with E-state index >= 15 is 0 Å².